The lowest BCUT2D eigenvalue weighted by Gasteiger charge is -2.16. The summed E-state index contributed by atoms with van der Waals surface area (Å²) in [7, 11) is 1.69. The molecule has 1 aliphatic rings. The monoisotopic (exact) mass is 504 g/mol. The van der Waals surface area contributed by atoms with E-state index in [0.29, 0.717) is 45.4 Å². The maximum atomic E-state index is 13.7. The Morgan fingerprint density at radius 3 is 2.78 bits per heavy atom. The van der Waals surface area contributed by atoms with Crippen molar-refractivity contribution in [1.82, 2.24) is 35.1 Å². The first kappa shape index (κ1) is 23.8. The van der Waals surface area contributed by atoms with Gasteiger partial charge in [-0.2, -0.15) is 4.98 Å². The number of hydrogen-bond acceptors (Lipinski definition) is 8. The summed E-state index contributed by atoms with van der Waals surface area (Å²) in [6.45, 7) is 3.25. The zero-order valence-corrected chi connectivity index (χ0v) is 20.6. The van der Waals surface area contributed by atoms with Gasteiger partial charge >= 0.3 is 0 Å². The largest absolute Gasteiger partial charge is 0.357 e. The van der Waals surface area contributed by atoms with Crippen LogP contribution in [0.3, 0.4) is 0 Å². The van der Waals surface area contributed by atoms with Crippen molar-refractivity contribution in [3.8, 4) is 22.4 Å². The van der Waals surface area contributed by atoms with Crippen LogP contribution in [0, 0.1) is 6.92 Å². The van der Waals surface area contributed by atoms with Gasteiger partial charge in [0, 0.05) is 59.1 Å². The molecule has 0 bridgehead atoms. The summed E-state index contributed by atoms with van der Waals surface area (Å²) in [4.78, 5) is 44.0. The standard InChI is InChI=1S/C25H25ClN8O2/c1-14-9-29-12-21(31-14)15-3-4-18(20(26)8-15)19-7-16-10-30-25(27-2)33-23(16)34(24(19)36)13-22(35)32-17-5-6-28-11-17/h3-4,7-10,12,17,28H,5-6,11,13H2,1-2H3,(H,32,35)(H,27,30,33)/t17-/m0/s1. The van der Waals surface area contributed by atoms with Crippen LogP contribution in [0.25, 0.3) is 33.4 Å². The molecule has 5 rings (SSSR count). The van der Waals surface area contributed by atoms with Crippen LogP contribution in [0.2, 0.25) is 5.02 Å². The summed E-state index contributed by atoms with van der Waals surface area (Å²) in [5.41, 5.74) is 3.15. The molecule has 0 unspecified atom stereocenters. The lowest BCUT2D eigenvalue weighted by molar-refractivity contribution is -0.122. The van der Waals surface area contributed by atoms with Crippen LogP contribution in [0.1, 0.15) is 12.1 Å². The third-order valence-corrected chi connectivity index (χ3v) is 6.40. The summed E-state index contributed by atoms with van der Waals surface area (Å²) in [5, 5.41) is 10.1. The van der Waals surface area contributed by atoms with E-state index in [0.717, 1.165) is 24.2 Å². The molecule has 4 aromatic rings. The fraction of sp³-hybridized carbons (Fsp3) is 0.280. The molecule has 36 heavy (non-hydrogen) atoms. The number of halogens is 1. The molecular weight excluding hydrogens is 480 g/mol. The number of fused-ring (bicyclic) bond motifs is 1. The quantitative estimate of drug-likeness (QED) is 0.365. The number of aromatic nitrogens is 5. The average Bonchev–Trinajstić information content (AvgIpc) is 3.38. The summed E-state index contributed by atoms with van der Waals surface area (Å²) < 4.78 is 1.38. The predicted octanol–water partition coefficient (Wildman–Crippen LogP) is 2.40. The van der Waals surface area contributed by atoms with E-state index in [1.807, 2.05) is 13.0 Å². The molecule has 1 fully saturated rings. The van der Waals surface area contributed by atoms with Crippen molar-refractivity contribution in [2.75, 3.05) is 25.5 Å². The smallest absolute Gasteiger partial charge is 0.260 e. The van der Waals surface area contributed by atoms with Crippen molar-refractivity contribution >= 4 is 34.5 Å². The first-order valence-corrected chi connectivity index (χ1v) is 12.0. The van der Waals surface area contributed by atoms with Gasteiger partial charge in [-0.3, -0.25) is 19.1 Å². The zero-order valence-electron chi connectivity index (χ0n) is 19.9. The van der Waals surface area contributed by atoms with E-state index < -0.39 is 0 Å². The number of aryl methyl sites for hydroxylation is 1. The predicted molar refractivity (Wildman–Crippen MR) is 139 cm³/mol. The molecule has 184 valence electrons. The van der Waals surface area contributed by atoms with Gasteiger partial charge in [-0.1, -0.05) is 23.7 Å². The van der Waals surface area contributed by atoms with Gasteiger partial charge in [-0.15, -0.1) is 0 Å². The topological polar surface area (TPSA) is 127 Å². The van der Waals surface area contributed by atoms with E-state index in [9.17, 15) is 9.59 Å². The minimum Gasteiger partial charge on any atom is -0.357 e. The number of rotatable bonds is 6. The Bertz CT molecular complexity index is 1510. The van der Waals surface area contributed by atoms with Crippen LogP contribution in [0.5, 0.6) is 0 Å². The van der Waals surface area contributed by atoms with Crippen molar-refractivity contribution in [2.45, 2.75) is 25.9 Å². The SMILES string of the molecule is CNc1ncc2cc(-c3ccc(-c4cncc(C)n4)cc3Cl)c(=O)n(CC(=O)N[C@H]3CCNC3)c2n1. The second kappa shape index (κ2) is 10.00. The molecule has 1 aliphatic heterocycles. The minimum atomic E-state index is -0.368. The number of carbonyl (C=O) groups is 1. The van der Waals surface area contributed by atoms with Crippen LogP contribution >= 0.6 is 11.6 Å². The number of hydrogen-bond donors (Lipinski definition) is 3. The summed E-state index contributed by atoms with van der Waals surface area (Å²) in [5.74, 6) is 0.0961. The highest BCUT2D eigenvalue weighted by Crippen LogP contribution is 2.31. The summed E-state index contributed by atoms with van der Waals surface area (Å²) in [6.07, 6.45) is 5.81. The Labute approximate surface area is 212 Å². The molecule has 0 aliphatic carbocycles. The third-order valence-electron chi connectivity index (χ3n) is 6.09. The molecule has 10 nitrogen and oxygen atoms in total. The van der Waals surface area contributed by atoms with Crippen LogP contribution < -0.4 is 21.5 Å². The van der Waals surface area contributed by atoms with Crippen molar-refractivity contribution < 1.29 is 4.79 Å². The molecule has 1 saturated heterocycles. The first-order valence-electron chi connectivity index (χ1n) is 11.6. The van der Waals surface area contributed by atoms with Crippen LogP contribution in [0.4, 0.5) is 5.95 Å². The normalized spacial score (nSPS) is 15.2. The van der Waals surface area contributed by atoms with Gasteiger partial charge in [-0.05, 0) is 32.0 Å². The number of pyridine rings is 1. The number of amides is 1. The number of nitrogens with zero attached hydrogens (tertiary/aromatic N) is 5. The first-order chi connectivity index (χ1) is 17.4. The second-order valence-corrected chi connectivity index (χ2v) is 9.08. The molecule has 0 spiro atoms. The van der Waals surface area contributed by atoms with Crippen LogP contribution in [-0.2, 0) is 11.3 Å². The summed E-state index contributed by atoms with van der Waals surface area (Å²) >= 11 is 6.67. The number of anilines is 1. The van der Waals surface area contributed by atoms with Crippen LogP contribution in [-0.4, -0.2) is 56.6 Å². The van der Waals surface area contributed by atoms with Gasteiger partial charge in [0.05, 0.1) is 17.6 Å². The van der Waals surface area contributed by atoms with Crippen LogP contribution in [0.15, 0.2) is 47.7 Å². The molecule has 1 atom stereocenters. The van der Waals surface area contributed by atoms with Crippen molar-refractivity contribution in [1.29, 1.82) is 0 Å². The molecular formula is C25H25ClN8O2. The lowest BCUT2D eigenvalue weighted by Crippen LogP contribution is -2.40. The number of nitrogens with one attached hydrogen (secondary N) is 3. The van der Waals surface area contributed by atoms with Crippen molar-refractivity contribution in [3.05, 3.63) is 63.9 Å². The second-order valence-electron chi connectivity index (χ2n) is 8.67. The van der Waals surface area contributed by atoms with Gasteiger partial charge in [-0.25, -0.2) is 9.97 Å². The highest BCUT2D eigenvalue weighted by atomic mass is 35.5. The molecule has 3 N–H and O–H groups in total. The zero-order chi connectivity index (χ0) is 25.2. The van der Waals surface area contributed by atoms with E-state index in [1.54, 1.807) is 43.8 Å². The van der Waals surface area contributed by atoms with Gasteiger partial charge in [0.25, 0.3) is 5.56 Å². The molecule has 0 radical (unpaired) electrons. The van der Waals surface area contributed by atoms with E-state index >= 15 is 0 Å². The fourth-order valence-electron chi connectivity index (χ4n) is 4.31. The van der Waals surface area contributed by atoms with Gasteiger partial charge in [0.1, 0.15) is 12.2 Å². The lowest BCUT2D eigenvalue weighted by atomic mass is 10.0. The molecule has 11 heteroatoms. The minimum absolute atomic E-state index is 0.0388. The van der Waals surface area contributed by atoms with Crippen molar-refractivity contribution in [3.63, 3.8) is 0 Å². The van der Waals surface area contributed by atoms with E-state index in [4.69, 9.17) is 11.6 Å². The number of benzene rings is 1. The summed E-state index contributed by atoms with van der Waals surface area (Å²) in [6, 6.07) is 7.13. The molecule has 0 saturated carbocycles. The Hall–Kier alpha value is -3.89. The molecule has 1 amide bonds. The Morgan fingerprint density at radius 1 is 1.19 bits per heavy atom. The van der Waals surface area contributed by atoms with Crippen molar-refractivity contribution in [2.24, 2.45) is 0 Å². The fourth-order valence-corrected chi connectivity index (χ4v) is 4.59. The van der Waals surface area contributed by atoms with Gasteiger partial charge in [0.15, 0.2) is 0 Å². The highest BCUT2D eigenvalue weighted by Gasteiger charge is 2.20. The Kier molecular flexibility index (Phi) is 6.62. The molecule has 3 aromatic heterocycles. The van der Waals surface area contributed by atoms with E-state index in [2.05, 4.69) is 35.9 Å². The maximum Gasteiger partial charge on any atom is 0.260 e. The molecule has 1 aromatic carbocycles. The highest BCUT2D eigenvalue weighted by molar-refractivity contribution is 6.33. The number of carbonyl (C=O) groups excluding carboxylic acids is 1. The van der Waals surface area contributed by atoms with Gasteiger partial charge in [0.2, 0.25) is 11.9 Å². The van der Waals surface area contributed by atoms with E-state index in [-0.39, 0.29) is 24.1 Å². The van der Waals surface area contributed by atoms with Gasteiger partial charge < -0.3 is 16.0 Å². The third kappa shape index (κ3) is 4.77. The average molecular weight is 505 g/mol. The Morgan fingerprint density at radius 2 is 2.06 bits per heavy atom. The maximum absolute atomic E-state index is 13.7. The Balaban J connectivity index is 1.59. The molecule has 4 heterocycles. The van der Waals surface area contributed by atoms with E-state index in [1.165, 1.54) is 4.57 Å².